The number of alkyl halides is 3. The van der Waals surface area contributed by atoms with Gasteiger partial charge < -0.3 is 0 Å². The molecule has 1 aromatic heterocycles. The van der Waals surface area contributed by atoms with Gasteiger partial charge in [-0.05, 0) is 18.6 Å². The maximum absolute atomic E-state index is 12.9. The topological polar surface area (TPSA) is 25.8 Å². The van der Waals surface area contributed by atoms with Crippen LogP contribution in [0.1, 0.15) is 11.1 Å². The summed E-state index contributed by atoms with van der Waals surface area (Å²) in [6.45, 7) is 1.43. The van der Waals surface area contributed by atoms with Gasteiger partial charge in [0.15, 0.2) is 5.82 Å². The third-order valence-corrected chi connectivity index (χ3v) is 2.36. The molecule has 0 saturated heterocycles. The van der Waals surface area contributed by atoms with Gasteiger partial charge in [-0.3, -0.25) is 0 Å². The highest BCUT2D eigenvalue weighted by Gasteiger charge is 2.35. The van der Waals surface area contributed by atoms with Crippen molar-refractivity contribution in [2.45, 2.75) is 13.1 Å². The number of hydrogen-bond donors (Lipinski definition) is 0. The molecule has 0 amide bonds. The number of rotatable bonds is 1. The fraction of sp³-hybridized carbons (Fsp3) is 0.167. The van der Waals surface area contributed by atoms with Crippen LogP contribution >= 0.6 is 0 Å². The molecule has 17 heavy (non-hydrogen) atoms. The minimum Gasteiger partial charge on any atom is -0.237 e. The van der Waals surface area contributed by atoms with Crippen molar-refractivity contribution in [2.75, 3.05) is 0 Å². The van der Waals surface area contributed by atoms with Crippen LogP contribution < -0.4 is 0 Å². The van der Waals surface area contributed by atoms with Gasteiger partial charge >= 0.3 is 6.18 Å². The quantitative estimate of drug-likeness (QED) is 0.760. The van der Waals surface area contributed by atoms with Crippen LogP contribution in [0.25, 0.3) is 11.4 Å². The predicted molar refractivity (Wildman–Crippen MR) is 57.2 cm³/mol. The van der Waals surface area contributed by atoms with Crippen LogP contribution in [0.3, 0.4) is 0 Å². The number of halogens is 3. The first-order valence-electron chi connectivity index (χ1n) is 4.94. The Hall–Kier alpha value is -1.91. The second-order valence-electron chi connectivity index (χ2n) is 3.57. The Morgan fingerprint density at radius 2 is 1.65 bits per heavy atom. The number of benzene rings is 1. The lowest BCUT2D eigenvalue weighted by Crippen LogP contribution is -2.10. The Kier molecular flexibility index (Phi) is 2.83. The minimum absolute atomic E-state index is 0.0121. The van der Waals surface area contributed by atoms with Crippen molar-refractivity contribution in [3.8, 4) is 11.4 Å². The van der Waals surface area contributed by atoms with Gasteiger partial charge in [0, 0.05) is 18.0 Å². The molecule has 0 aliphatic rings. The predicted octanol–water partition coefficient (Wildman–Crippen LogP) is 3.47. The zero-order valence-corrected chi connectivity index (χ0v) is 8.99. The highest BCUT2D eigenvalue weighted by Crippen LogP contribution is 2.37. The summed E-state index contributed by atoms with van der Waals surface area (Å²) in [4.78, 5) is 7.71. The normalized spacial score (nSPS) is 11.5. The number of aromatic nitrogens is 2. The van der Waals surface area contributed by atoms with Crippen molar-refractivity contribution in [3.63, 3.8) is 0 Å². The molecule has 0 bridgehead atoms. The second kappa shape index (κ2) is 4.16. The highest BCUT2D eigenvalue weighted by molar-refractivity contribution is 5.62. The number of hydrogen-bond acceptors (Lipinski definition) is 2. The summed E-state index contributed by atoms with van der Waals surface area (Å²) in [6, 6.07) is 5.93. The zero-order chi connectivity index (χ0) is 12.5. The molecule has 0 radical (unpaired) electrons. The molecule has 5 heteroatoms. The molecular formula is C12H9F3N2. The highest BCUT2D eigenvalue weighted by atomic mass is 19.4. The van der Waals surface area contributed by atoms with Crippen LogP contribution in [0, 0.1) is 6.92 Å². The summed E-state index contributed by atoms with van der Waals surface area (Å²) in [5.74, 6) is 0.0866. The molecule has 0 aliphatic heterocycles. The molecule has 0 N–H and O–H groups in total. The van der Waals surface area contributed by atoms with Crippen LogP contribution in [0.4, 0.5) is 13.2 Å². The summed E-state index contributed by atoms with van der Waals surface area (Å²) in [5.41, 5.74) is -0.494. The molecule has 0 spiro atoms. The van der Waals surface area contributed by atoms with Gasteiger partial charge in [0.2, 0.25) is 0 Å². The first-order chi connectivity index (χ1) is 8.00. The van der Waals surface area contributed by atoms with Gasteiger partial charge in [-0.2, -0.15) is 13.2 Å². The van der Waals surface area contributed by atoms with Gasteiger partial charge in [-0.25, -0.2) is 9.97 Å². The lowest BCUT2D eigenvalue weighted by atomic mass is 10.0. The standard InChI is InChI=1S/C12H9F3N2/c1-8-4-2-5-9(10(8)12(13,14)15)11-16-6-3-7-17-11/h2-7H,1H3. The van der Waals surface area contributed by atoms with Gasteiger partial charge in [-0.15, -0.1) is 0 Å². The molecule has 1 aromatic carbocycles. The zero-order valence-electron chi connectivity index (χ0n) is 8.99. The van der Waals surface area contributed by atoms with Crippen LogP contribution in [-0.4, -0.2) is 9.97 Å². The van der Waals surface area contributed by atoms with E-state index in [4.69, 9.17) is 0 Å². The molecule has 0 fully saturated rings. The van der Waals surface area contributed by atoms with Gasteiger partial charge in [0.05, 0.1) is 5.56 Å². The third-order valence-electron chi connectivity index (χ3n) is 2.36. The summed E-state index contributed by atoms with van der Waals surface area (Å²) in [6.07, 6.45) is -1.56. The van der Waals surface area contributed by atoms with E-state index >= 15 is 0 Å². The van der Waals surface area contributed by atoms with Crippen molar-refractivity contribution in [1.29, 1.82) is 0 Å². The fourth-order valence-corrected chi connectivity index (χ4v) is 1.67. The van der Waals surface area contributed by atoms with E-state index in [1.54, 1.807) is 12.1 Å². The molecule has 0 aliphatic carbocycles. The Morgan fingerprint density at radius 1 is 1.00 bits per heavy atom. The molecule has 1 heterocycles. The lowest BCUT2D eigenvalue weighted by Gasteiger charge is -2.14. The Labute approximate surface area is 96.2 Å². The molecule has 2 rings (SSSR count). The molecular weight excluding hydrogens is 229 g/mol. The molecule has 2 aromatic rings. The molecule has 88 valence electrons. The van der Waals surface area contributed by atoms with E-state index in [1.807, 2.05) is 0 Å². The van der Waals surface area contributed by atoms with Crippen LogP contribution in [0.15, 0.2) is 36.7 Å². The van der Waals surface area contributed by atoms with Gasteiger partial charge in [0.25, 0.3) is 0 Å². The second-order valence-corrected chi connectivity index (χ2v) is 3.57. The summed E-state index contributed by atoms with van der Waals surface area (Å²) in [7, 11) is 0. The maximum atomic E-state index is 12.9. The van der Waals surface area contributed by atoms with E-state index < -0.39 is 11.7 Å². The average molecular weight is 238 g/mol. The van der Waals surface area contributed by atoms with Gasteiger partial charge in [0.1, 0.15) is 0 Å². The SMILES string of the molecule is Cc1cccc(-c2ncccn2)c1C(F)(F)F. The summed E-state index contributed by atoms with van der Waals surface area (Å²) >= 11 is 0. The smallest absolute Gasteiger partial charge is 0.237 e. The number of aryl methyl sites for hydroxylation is 1. The molecule has 2 nitrogen and oxygen atoms in total. The first-order valence-corrected chi connectivity index (χ1v) is 4.94. The van der Waals surface area contributed by atoms with E-state index in [0.717, 1.165) is 0 Å². The monoisotopic (exact) mass is 238 g/mol. The maximum Gasteiger partial charge on any atom is 0.417 e. The lowest BCUT2D eigenvalue weighted by molar-refractivity contribution is -0.137. The van der Waals surface area contributed by atoms with E-state index in [-0.39, 0.29) is 17.0 Å². The Balaban J connectivity index is 2.67. The first kappa shape index (κ1) is 11.6. The summed E-state index contributed by atoms with van der Waals surface area (Å²) in [5, 5.41) is 0. The summed E-state index contributed by atoms with van der Waals surface area (Å²) < 4.78 is 38.8. The third kappa shape index (κ3) is 2.27. The van der Waals surface area contributed by atoms with E-state index in [0.29, 0.717) is 0 Å². The van der Waals surface area contributed by atoms with E-state index in [9.17, 15) is 13.2 Å². The Bertz CT molecular complexity index is 521. The van der Waals surface area contributed by atoms with Crippen LogP contribution in [0.5, 0.6) is 0 Å². The van der Waals surface area contributed by atoms with Crippen molar-refractivity contribution in [3.05, 3.63) is 47.8 Å². The number of nitrogens with zero attached hydrogens (tertiary/aromatic N) is 2. The van der Waals surface area contributed by atoms with E-state index in [1.165, 1.54) is 31.5 Å². The van der Waals surface area contributed by atoms with Crippen molar-refractivity contribution < 1.29 is 13.2 Å². The van der Waals surface area contributed by atoms with Crippen molar-refractivity contribution in [1.82, 2.24) is 9.97 Å². The minimum atomic E-state index is -4.40. The average Bonchev–Trinajstić information content (AvgIpc) is 2.28. The van der Waals surface area contributed by atoms with Crippen LogP contribution in [0.2, 0.25) is 0 Å². The molecule has 0 saturated carbocycles. The molecule has 0 atom stereocenters. The fourth-order valence-electron chi connectivity index (χ4n) is 1.67. The van der Waals surface area contributed by atoms with E-state index in [2.05, 4.69) is 9.97 Å². The van der Waals surface area contributed by atoms with Gasteiger partial charge in [-0.1, -0.05) is 18.2 Å². The largest absolute Gasteiger partial charge is 0.417 e. The molecule has 0 unspecified atom stereocenters. The van der Waals surface area contributed by atoms with Crippen molar-refractivity contribution in [2.24, 2.45) is 0 Å². The van der Waals surface area contributed by atoms with Crippen molar-refractivity contribution >= 4 is 0 Å². The Morgan fingerprint density at radius 3 is 2.24 bits per heavy atom. The van der Waals surface area contributed by atoms with Crippen LogP contribution in [-0.2, 0) is 6.18 Å².